The minimum atomic E-state index is -3.65. The molecule has 0 saturated carbocycles. The number of esters is 1. The van der Waals surface area contributed by atoms with Gasteiger partial charge >= 0.3 is 5.97 Å². The molecule has 0 bridgehead atoms. The van der Waals surface area contributed by atoms with Gasteiger partial charge in [0.15, 0.2) is 23.9 Å². The molecule has 0 radical (unpaired) electrons. The molecule has 0 unspecified atom stereocenters. The van der Waals surface area contributed by atoms with Gasteiger partial charge < -0.3 is 14.2 Å². The van der Waals surface area contributed by atoms with Crippen molar-refractivity contribution in [2.24, 2.45) is 0 Å². The Hall–Kier alpha value is -2.91. The molecule has 0 atom stereocenters. The molecular formula is C22H23NO7S. The molecule has 2 heterocycles. The average Bonchev–Trinajstić information content (AvgIpc) is 3.24. The summed E-state index contributed by atoms with van der Waals surface area (Å²) in [5.41, 5.74) is 0.411. The SMILES string of the molecule is O=C(COC(=O)c1cccc(S(=O)(=O)N2CCCC2)c1)c1ccc2c(c1)OCCCO2. The van der Waals surface area contributed by atoms with Crippen LogP contribution >= 0.6 is 0 Å². The van der Waals surface area contributed by atoms with Crippen molar-refractivity contribution in [2.75, 3.05) is 32.9 Å². The number of carbonyl (C=O) groups excluding carboxylic acids is 2. The lowest BCUT2D eigenvalue weighted by Gasteiger charge is -2.15. The number of fused-ring (bicyclic) bond motifs is 1. The van der Waals surface area contributed by atoms with Crippen molar-refractivity contribution in [2.45, 2.75) is 24.2 Å². The number of hydrogen-bond donors (Lipinski definition) is 0. The van der Waals surface area contributed by atoms with Gasteiger partial charge in [-0.05, 0) is 49.2 Å². The lowest BCUT2D eigenvalue weighted by atomic mass is 10.1. The molecule has 164 valence electrons. The third-order valence-corrected chi connectivity index (χ3v) is 7.07. The summed E-state index contributed by atoms with van der Waals surface area (Å²) >= 11 is 0. The summed E-state index contributed by atoms with van der Waals surface area (Å²) in [6, 6.07) is 10.5. The summed E-state index contributed by atoms with van der Waals surface area (Å²) < 4.78 is 43.1. The third-order valence-electron chi connectivity index (χ3n) is 5.18. The van der Waals surface area contributed by atoms with Crippen LogP contribution in [0.3, 0.4) is 0 Å². The van der Waals surface area contributed by atoms with Crippen LogP contribution in [0, 0.1) is 0 Å². The van der Waals surface area contributed by atoms with E-state index >= 15 is 0 Å². The predicted octanol–water partition coefficient (Wildman–Crippen LogP) is 2.67. The van der Waals surface area contributed by atoms with E-state index in [2.05, 4.69) is 0 Å². The molecule has 2 aliphatic heterocycles. The zero-order valence-corrected chi connectivity index (χ0v) is 17.7. The largest absolute Gasteiger partial charge is 0.490 e. The quantitative estimate of drug-likeness (QED) is 0.498. The normalized spacial score (nSPS) is 16.5. The second kappa shape index (κ2) is 9.07. The lowest BCUT2D eigenvalue weighted by Crippen LogP contribution is -2.28. The Morgan fingerprint density at radius 1 is 0.903 bits per heavy atom. The van der Waals surface area contributed by atoms with Gasteiger partial charge in [0.25, 0.3) is 0 Å². The van der Waals surface area contributed by atoms with Gasteiger partial charge in [-0.25, -0.2) is 13.2 Å². The molecule has 4 rings (SSSR count). The summed E-state index contributed by atoms with van der Waals surface area (Å²) in [4.78, 5) is 24.9. The number of ether oxygens (including phenoxy) is 3. The Morgan fingerprint density at radius 2 is 1.65 bits per heavy atom. The van der Waals surface area contributed by atoms with Crippen LogP contribution in [0.15, 0.2) is 47.4 Å². The van der Waals surface area contributed by atoms with Gasteiger partial charge in [0.1, 0.15) is 0 Å². The van der Waals surface area contributed by atoms with Crippen LogP contribution in [0.1, 0.15) is 40.0 Å². The number of Topliss-reactive ketones (excluding diaryl/α,β-unsaturated/α-hetero) is 1. The van der Waals surface area contributed by atoms with Crippen molar-refractivity contribution in [3.8, 4) is 11.5 Å². The van der Waals surface area contributed by atoms with Crippen molar-refractivity contribution >= 4 is 21.8 Å². The minimum absolute atomic E-state index is 0.0399. The molecule has 0 aliphatic carbocycles. The fourth-order valence-corrected chi connectivity index (χ4v) is 5.06. The smallest absolute Gasteiger partial charge is 0.338 e. The fraction of sp³-hybridized carbons (Fsp3) is 0.364. The number of sulfonamides is 1. The van der Waals surface area contributed by atoms with Gasteiger partial charge in [-0.1, -0.05) is 6.07 Å². The molecule has 2 aliphatic rings. The van der Waals surface area contributed by atoms with E-state index in [1.165, 1.54) is 28.6 Å². The van der Waals surface area contributed by atoms with Gasteiger partial charge in [0, 0.05) is 25.1 Å². The van der Waals surface area contributed by atoms with Crippen LogP contribution in [0.4, 0.5) is 0 Å². The van der Waals surface area contributed by atoms with Crippen LogP contribution in [0.2, 0.25) is 0 Å². The number of carbonyl (C=O) groups is 2. The topological polar surface area (TPSA) is 99.2 Å². The maximum Gasteiger partial charge on any atom is 0.338 e. The Labute approximate surface area is 180 Å². The number of ketones is 1. The van der Waals surface area contributed by atoms with Gasteiger partial charge in [-0.3, -0.25) is 4.79 Å². The summed E-state index contributed by atoms with van der Waals surface area (Å²) in [5, 5.41) is 0. The maximum absolute atomic E-state index is 12.7. The van der Waals surface area contributed by atoms with Gasteiger partial charge in [0.05, 0.1) is 23.7 Å². The van der Waals surface area contributed by atoms with E-state index in [1.807, 2.05) is 0 Å². The van der Waals surface area contributed by atoms with E-state index in [-0.39, 0.29) is 10.5 Å². The van der Waals surface area contributed by atoms with E-state index in [9.17, 15) is 18.0 Å². The zero-order valence-electron chi connectivity index (χ0n) is 16.9. The maximum atomic E-state index is 12.7. The van der Waals surface area contributed by atoms with E-state index in [0.29, 0.717) is 43.4 Å². The zero-order chi connectivity index (χ0) is 21.8. The van der Waals surface area contributed by atoms with Crippen molar-refractivity contribution in [3.63, 3.8) is 0 Å². The average molecular weight is 445 g/mol. The number of rotatable bonds is 6. The highest BCUT2D eigenvalue weighted by molar-refractivity contribution is 7.89. The molecular weight excluding hydrogens is 422 g/mol. The summed E-state index contributed by atoms with van der Waals surface area (Å²) in [6.45, 7) is 1.52. The fourth-order valence-electron chi connectivity index (χ4n) is 3.50. The van der Waals surface area contributed by atoms with Crippen LogP contribution < -0.4 is 9.47 Å². The molecule has 2 aromatic carbocycles. The second-order valence-electron chi connectivity index (χ2n) is 7.35. The van der Waals surface area contributed by atoms with E-state index in [4.69, 9.17) is 14.2 Å². The lowest BCUT2D eigenvalue weighted by molar-refractivity contribution is 0.0474. The van der Waals surface area contributed by atoms with Crippen molar-refractivity contribution in [1.29, 1.82) is 0 Å². The van der Waals surface area contributed by atoms with E-state index in [1.54, 1.807) is 18.2 Å². The molecule has 8 nitrogen and oxygen atoms in total. The first-order valence-corrected chi connectivity index (χ1v) is 11.6. The van der Waals surface area contributed by atoms with E-state index < -0.39 is 28.4 Å². The third kappa shape index (κ3) is 4.72. The van der Waals surface area contributed by atoms with E-state index in [0.717, 1.165) is 19.3 Å². The van der Waals surface area contributed by atoms with Crippen LogP contribution in [-0.4, -0.2) is 57.4 Å². The van der Waals surface area contributed by atoms with Crippen LogP contribution in [0.5, 0.6) is 11.5 Å². The molecule has 2 aromatic rings. The Kier molecular flexibility index (Phi) is 6.24. The standard InChI is InChI=1S/C22H23NO7S/c24-19(16-7-8-20-21(14-16)29-12-4-11-28-20)15-30-22(25)17-5-3-6-18(13-17)31(26,27)23-9-1-2-10-23/h3,5-8,13-14H,1-2,4,9-12,15H2. The molecule has 0 spiro atoms. The first kappa shape index (κ1) is 21.3. The summed E-state index contributed by atoms with van der Waals surface area (Å²) in [5.74, 6) is -0.109. The minimum Gasteiger partial charge on any atom is -0.490 e. The Morgan fingerprint density at radius 3 is 2.42 bits per heavy atom. The molecule has 1 saturated heterocycles. The molecule has 1 fully saturated rings. The van der Waals surface area contributed by atoms with Gasteiger partial charge in [0.2, 0.25) is 10.0 Å². The van der Waals surface area contributed by atoms with Crippen LogP contribution in [0.25, 0.3) is 0 Å². The van der Waals surface area contributed by atoms with Crippen molar-refractivity contribution < 1.29 is 32.2 Å². The highest BCUT2D eigenvalue weighted by Crippen LogP contribution is 2.30. The van der Waals surface area contributed by atoms with Gasteiger partial charge in [-0.15, -0.1) is 0 Å². The van der Waals surface area contributed by atoms with Crippen LogP contribution in [-0.2, 0) is 14.8 Å². The van der Waals surface area contributed by atoms with Crippen molar-refractivity contribution in [1.82, 2.24) is 4.31 Å². The monoisotopic (exact) mass is 445 g/mol. The van der Waals surface area contributed by atoms with Crippen molar-refractivity contribution in [3.05, 3.63) is 53.6 Å². The Balaban J connectivity index is 1.42. The van der Waals surface area contributed by atoms with Gasteiger partial charge in [-0.2, -0.15) is 4.31 Å². The predicted molar refractivity (Wildman–Crippen MR) is 111 cm³/mol. The first-order chi connectivity index (χ1) is 14.9. The molecule has 0 N–H and O–H groups in total. The molecule has 0 amide bonds. The summed E-state index contributed by atoms with van der Waals surface area (Å²) in [7, 11) is -3.65. The Bertz CT molecular complexity index is 1090. The first-order valence-electron chi connectivity index (χ1n) is 10.2. The summed E-state index contributed by atoms with van der Waals surface area (Å²) in [6.07, 6.45) is 2.40. The molecule has 0 aromatic heterocycles. The number of hydrogen-bond acceptors (Lipinski definition) is 7. The number of benzene rings is 2. The number of nitrogens with zero attached hydrogens (tertiary/aromatic N) is 1. The second-order valence-corrected chi connectivity index (χ2v) is 9.29. The highest BCUT2D eigenvalue weighted by Gasteiger charge is 2.28. The molecule has 9 heteroatoms. The highest BCUT2D eigenvalue weighted by atomic mass is 32.2. The molecule has 31 heavy (non-hydrogen) atoms.